The van der Waals surface area contributed by atoms with Crippen LogP contribution in [0.25, 0.3) is 0 Å². The number of carbonyl (C=O) groups excluding carboxylic acids is 1. The molecule has 0 spiro atoms. The summed E-state index contributed by atoms with van der Waals surface area (Å²) < 4.78 is 84.5. The fourth-order valence-electron chi connectivity index (χ4n) is 1.75. The van der Waals surface area contributed by atoms with Crippen LogP contribution in [-0.2, 0) is 19.6 Å². The van der Waals surface area contributed by atoms with Gasteiger partial charge in [0, 0.05) is 7.11 Å². The average Bonchev–Trinajstić information content (AvgIpc) is 2.44. The van der Waals surface area contributed by atoms with Crippen LogP contribution in [0.3, 0.4) is 0 Å². The number of ether oxygens (including phenoxy) is 2. The maximum atomic E-state index is 13.3. The first-order valence-electron chi connectivity index (χ1n) is 6.61. The lowest BCUT2D eigenvalue weighted by Gasteiger charge is -2.16. The summed E-state index contributed by atoms with van der Waals surface area (Å²) in [4.78, 5) is 10.8. The van der Waals surface area contributed by atoms with Crippen molar-refractivity contribution < 1.29 is 40.2 Å². The van der Waals surface area contributed by atoms with Gasteiger partial charge in [-0.3, -0.25) is 4.79 Å². The number of hydrogen-bond acceptors (Lipinski definition) is 5. The fraction of sp³-hybridized carbons (Fsp3) is 0.462. The molecule has 1 unspecified atom stereocenters. The van der Waals surface area contributed by atoms with Crippen LogP contribution in [0.5, 0.6) is 5.75 Å². The lowest BCUT2D eigenvalue weighted by Crippen LogP contribution is -2.37. The first-order valence-corrected chi connectivity index (χ1v) is 8.09. The molecule has 1 rings (SSSR count). The van der Waals surface area contributed by atoms with Crippen molar-refractivity contribution in [1.82, 2.24) is 4.72 Å². The van der Waals surface area contributed by atoms with Crippen molar-refractivity contribution in [2.24, 2.45) is 5.92 Å². The number of methoxy groups -OCH3 is 1. The first-order chi connectivity index (χ1) is 11.0. The number of carbonyl (C=O) groups is 1. The number of sulfonamides is 1. The lowest BCUT2D eigenvalue weighted by molar-refractivity contribution is -0.275. The predicted molar refractivity (Wildman–Crippen MR) is 74.1 cm³/mol. The zero-order valence-electron chi connectivity index (χ0n) is 12.7. The van der Waals surface area contributed by atoms with Crippen molar-refractivity contribution in [3.05, 3.63) is 24.0 Å². The van der Waals surface area contributed by atoms with Crippen LogP contribution in [0.15, 0.2) is 23.1 Å². The van der Waals surface area contributed by atoms with Gasteiger partial charge in [0.15, 0.2) is 0 Å². The molecule has 0 aliphatic rings. The highest BCUT2D eigenvalue weighted by molar-refractivity contribution is 7.90. The minimum Gasteiger partial charge on any atom is -0.404 e. The number of halogens is 4. The van der Waals surface area contributed by atoms with Gasteiger partial charge in [-0.2, -0.15) is 0 Å². The van der Waals surface area contributed by atoms with E-state index in [2.05, 4.69) is 4.74 Å². The van der Waals surface area contributed by atoms with Crippen LogP contribution in [0, 0.1) is 11.7 Å². The largest absolute Gasteiger partial charge is 0.573 e. The summed E-state index contributed by atoms with van der Waals surface area (Å²) in [6, 6.07) is 1.43. The van der Waals surface area contributed by atoms with Crippen LogP contribution in [0.1, 0.15) is 13.3 Å². The van der Waals surface area contributed by atoms with Crippen LogP contribution < -0.4 is 9.46 Å². The van der Waals surface area contributed by atoms with Gasteiger partial charge in [0.05, 0.1) is 12.5 Å². The molecule has 136 valence electrons. The van der Waals surface area contributed by atoms with Crippen molar-refractivity contribution >= 4 is 15.9 Å². The van der Waals surface area contributed by atoms with E-state index >= 15 is 0 Å². The van der Waals surface area contributed by atoms with Crippen molar-refractivity contribution in [1.29, 1.82) is 0 Å². The van der Waals surface area contributed by atoms with Crippen molar-refractivity contribution in [3.63, 3.8) is 0 Å². The molecular weight excluding hydrogens is 358 g/mol. The van der Waals surface area contributed by atoms with E-state index in [9.17, 15) is 30.8 Å². The number of hydrogen-bond donors (Lipinski definition) is 1. The predicted octanol–water partition coefficient (Wildman–Crippen LogP) is 2.20. The SMILES string of the molecule is CCC(COC)C(=O)NS(=O)(=O)c1cc(F)ccc1OC(F)(F)F. The molecule has 0 fully saturated rings. The number of alkyl halides is 3. The number of amides is 1. The molecule has 24 heavy (non-hydrogen) atoms. The Morgan fingerprint density at radius 3 is 2.46 bits per heavy atom. The molecule has 1 atom stereocenters. The van der Waals surface area contributed by atoms with Gasteiger partial charge in [-0.1, -0.05) is 6.92 Å². The molecule has 1 N–H and O–H groups in total. The van der Waals surface area contributed by atoms with E-state index in [1.54, 1.807) is 11.6 Å². The quantitative estimate of drug-likeness (QED) is 0.741. The molecule has 0 radical (unpaired) electrons. The molecule has 0 saturated heterocycles. The monoisotopic (exact) mass is 373 g/mol. The second-order valence-electron chi connectivity index (χ2n) is 4.67. The standard InChI is InChI=1S/C13H15F4NO5S/c1-3-8(7-22-2)12(19)18-24(20,21)11-6-9(14)4-5-10(11)23-13(15,16)17/h4-6,8H,3,7H2,1-2H3,(H,18,19). The minimum absolute atomic E-state index is 0.0904. The summed E-state index contributed by atoms with van der Waals surface area (Å²) >= 11 is 0. The van der Waals surface area contributed by atoms with Gasteiger partial charge in [-0.05, 0) is 24.6 Å². The number of rotatable bonds is 7. The van der Waals surface area contributed by atoms with E-state index in [4.69, 9.17) is 4.74 Å². The molecule has 1 aromatic rings. The molecule has 0 aliphatic heterocycles. The van der Waals surface area contributed by atoms with E-state index in [0.717, 1.165) is 0 Å². The topological polar surface area (TPSA) is 81.7 Å². The Morgan fingerprint density at radius 2 is 1.96 bits per heavy atom. The van der Waals surface area contributed by atoms with Crippen LogP contribution in [0.2, 0.25) is 0 Å². The summed E-state index contributed by atoms with van der Waals surface area (Å²) in [6.45, 7) is 1.50. The maximum Gasteiger partial charge on any atom is 0.573 e. The van der Waals surface area contributed by atoms with Gasteiger partial charge in [0.25, 0.3) is 10.0 Å². The van der Waals surface area contributed by atoms with Gasteiger partial charge in [0.2, 0.25) is 5.91 Å². The van der Waals surface area contributed by atoms with Crippen molar-refractivity contribution in [2.75, 3.05) is 13.7 Å². The Bertz CT molecular complexity index is 690. The Morgan fingerprint density at radius 1 is 1.33 bits per heavy atom. The zero-order valence-corrected chi connectivity index (χ0v) is 13.5. The third-order valence-electron chi connectivity index (χ3n) is 2.89. The molecule has 1 aromatic carbocycles. The number of benzene rings is 1. The molecule has 0 aromatic heterocycles. The van der Waals surface area contributed by atoms with Crippen LogP contribution in [0.4, 0.5) is 17.6 Å². The Kier molecular flexibility index (Phi) is 6.55. The first kappa shape index (κ1) is 20.2. The Labute approximate surface area is 135 Å². The van der Waals surface area contributed by atoms with E-state index in [1.807, 2.05) is 0 Å². The van der Waals surface area contributed by atoms with Gasteiger partial charge in [-0.15, -0.1) is 13.2 Å². The Balaban J connectivity index is 3.18. The molecule has 0 bridgehead atoms. The van der Waals surface area contributed by atoms with Gasteiger partial charge >= 0.3 is 6.36 Å². The molecular formula is C13H15F4NO5S. The molecule has 0 saturated carbocycles. The van der Waals surface area contributed by atoms with E-state index in [-0.39, 0.29) is 13.0 Å². The number of nitrogens with one attached hydrogen (secondary N) is 1. The summed E-state index contributed by atoms with van der Waals surface area (Å²) in [5, 5.41) is 0. The highest BCUT2D eigenvalue weighted by atomic mass is 32.2. The molecule has 1 amide bonds. The van der Waals surface area contributed by atoms with Gasteiger partial charge < -0.3 is 9.47 Å². The second-order valence-corrected chi connectivity index (χ2v) is 6.32. The summed E-state index contributed by atoms with van der Waals surface area (Å²) in [7, 11) is -3.48. The summed E-state index contributed by atoms with van der Waals surface area (Å²) in [6.07, 6.45) is -4.96. The van der Waals surface area contributed by atoms with Crippen LogP contribution in [-0.4, -0.2) is 34.4 Å². The van der Waals surface area contributed by atoms with E-state index in [0.29, 0.717) is 18.2 Å². The third kappa shape index (κ3) is 5.64. The van der Waals surface area contributed by atoms with E-state index < -0.39 is 44.7 Å². The zero-order chi connectivity index (χ0) is 18.5. The van der Waals surface area contributed by atoms with Gasteiger partial charge in [-0.25, -0.2) is 17.5 Å². The second kappa shape index (κ2) is 7.79. The average molecular weight is 373 g/mol. The summed E-state index contributed by atoms with van der Waals surface area (Å²) in [5.74, 6) is -4.09. The minimum atomic E-state index is -5.19. The molecule has 11 heteroatoms. The highest BCUT2D eigenvalue weighted by Crippen LogP contribution is 2.30. The Hall–Kier alpha value is -1.88. The molecule has 6 nitrogen and oxygen atoms in total. The highest BCUT2D eigenvalue weighted by Gasteiger charge is 2.35. The van der Waals surface area contributed by atoms with Crippen LogP contribution >= 0.6 is 0 Å². The van der Waals surface area contributed by atoms with Crippen molar-refractivity contribution in [2.45, 2.75) is 24.6 Å². The summed E-state index contributed by atoms with van der Waals surface area (Å²) in [5.41, 5.74) is 0. The van der Waals surface area contributed by atoms with Crippen molar-refractivity contribution in [3.8, 4) is 5.75 Å². The molecule has 0 heterocycles. The molecule has 0 aliphatic carbocycles. The van der Waals surface area contributed by atoms with Gasteiger partial charge in [0.1, 0.15) is 16.5 Å². The lowest BCUT2D eigenvalue weighted by atomic mass is 10.1. The van der Waals surface area contributed by atoms with E-state index in [1.165, 1.54) is 7.11 Å². The maximum absolute atomic E-state index is 13.3. The normalized spacial score (nSPS) is 13.4. The third-order valence-corrected chi connectivity index (χ3v) is 4.26. The fourth-order valence-corrected chi connectivity index (χ4v) is 2.94. The smallest absolute Gasteiger partial charge is 0.404 e.